The van der Waals surface area contributed by atoms with Crippen LogP contribution in [0.4, 0.5) is 5.69 Å². The van der Waals surface area contributed by atoms with Gasteiger partial charge in [-0.1, -0.05) is 48.5 Å². The predicted molar refractivity (Wildman–Crippen MR) is 103 cm³/mol. The maximum absolute atomic E-state index is 13.2. The first-order valence-corrected chi connectivity index (χ1v) is 8.13. The van der Waals surface area contributed by atoms with Gasteiger partial charge in [0, 0.05) is 31.3 Å². The molecule has 0 saturated heterocycles. The SMILES string of the molecule is CN(C)C=Cc1c(C(=O)c2cccc3ccccc23)cccc1[N+](=O)[O-]. The van der Waals surface area contributed by atoms with Gasteiger partial charge in [0.05, 0.1) is 10.5 Å². The molecular formula is C21H18N2O3. The number of benzene rings is 3. The second kappa shape index (κ2) is 7.19. The van der Waals surface area contributed by atoms with Crippen LogP contribution in [0.3, 0.4) is 0 Å². The zero-order valence-electron chi connectivity index (χ0n) is 14.5. The minimum atomic E-state index is -0.463. The Balaban J connectivity index is 2.21. The van der Waals surface area contributed by atoms with E-state index in [1.165, 1.54) is 6.07 Å². The summed E-state index contributed by atoms with van der Waals surface area (Å²) in [5.41, 5.74) is 1.06. The van der Waals surface area contributed by atoms with E-state index in [9.17, 15) is 14.9 Å². The zero-order chi connectivity index (χ0) is 18.7. The average molecular weight is 346 g/mol. The minimum Gasteiger partial charge on any atom is -0.383 e. The van der Waals surface area contributed by atoms with E-state index in [-0.39, 0.29) is 11.5 Å². The van der Waals surface area contributed by atoms with Crippen molar-refractivity contribution >= 4 is 28.3 Å². The predicted octanol–water partition coefficient (Wildman–Crippen LogP) is 4.51. The molecule has 0 atom stereocenters. The first-order chi connectivity index (χ1) is 12.5. The van der Waals surface area contributed by atoms with Crippen LogP contribution in [-0.2, 0) is 0 Å². The molecule has 130 valence electrons. The maximum Gasteiger partial charge on any atom is 0.277 e. The summed E-state index contributed by atoms with van der Waals surface area (Å²) in [7, 11) is 3.63. The molecule has 0 fully saturated rings. The molecule has 0 aliphatic heterocycles. The molecule has 0 N–H and O–H groups in total. The van der Waals surface area contributed by atoms with Gasteiger partial charge < -0.3 is 4.90 Å². The standard InChI is InChI=1S/C21H18N2O3/c1-22(2)14-13-17-19(11-6-12-20(17)23(25)26)21(24)18-10-5-8-15-7-3-4-9-16(15)18/h3-14H,1-2H3. The van der Waals surface area contributed by atoms with Crippen molar-refractivity contribution in [1.82, 2.24) is 4.90 Å². The molecule has 0 heterocycles. The van der Waals surface area contributed by atoms with Gasteiger partial charge in [-0.05, 0) is 29.1 Å². The van der Waals surface area contributed by atoms with Crippen LogP contribution in [0.15, 0.2) is 66.9 Å². The molecule has 26 heavy (non-hydrogen) atoms. The van der Waals surface area contributed by atoms with Crippen LogP contribution in [0.2, 0.25) is 0 Å². The smallest absolute Gasteiger partial charge is 0.277 e. The molecule has 3 aromatic rings. The number of nitro benzene ring substituents is 1. The molecule has 3 aromatic carbocycles. The number of carbonyl (C=O) groups excluding carboxylic acids is 1. The summed E-state index contributed by atoms with van der Waals surface area (Å²) in [5, 5.41) is 13.2. The van der Waals surface area contributed by atoms with E-state index in [4.69, 9.17) is 0 Å². The highest BCUT2D eigenvalue weighted by Gasteiger charge is 2.21. The molecule has 5 heteroatoms. The lowest BCUT2D eigenvalue weighted by Crippen LogP contribution is -2.07. The Morgan fingerprint density at radius 2 is 1.62 bits per heavy atom. The van der Waals surface area contributed by atoms with Crippen molar-refractivity contribution in [3.05, 3.63) is 93.7 Å². The number of hydrogen-bond acceptors (Lipinski definition) is 4. The Labute approximate surface area is 151 Å². The lowest BCUT2D eigenvalue weighted by Gasteiger charge is -2.10. The summed E-state index contributed by atoms with van der Waals surface area (Å²) < 4.78 is 0. The molecular weight excluding hydrogens is 328 g/mol. The fourth-order valence-electron chi connectivity index (χ4n) is 2.88. The van der Waals surface area contributed by atoms with Gasteiger partial charge in [-0.25, -0.2) is 0 Å². The summed E-state index contributed by atoms with van der Waals surface area (Å²) in [6.45, 7) is 0. The zero-order valence-corrected chi connectivity index (χ0v) is 14.5. The Hall–Kier alpha value is -3.47. The molecule has 0 saturated carbocycles. The molecule has 0 aliphatic rings. The second-order valence-electron chi connectivity index (χ2n) is 6.13. The van der Waals surface area contributed by atoms with E-state index in [0.717, 1.165) is 10.8 Å². The van der Waals surface area contributed by atoms with Crippen LogP contribution >= 0.6 is 0 Å². The average Bonchev–Trinajstić information content (AvgIpc) is 2.64. The molecule has 3 rings (SSSR count). The van der Waals surface area contributed by atoms with Crippen molar-refractivity contribution in [2.75, 3.05) is 14.1 Å². The Kier molecular flexibility index (Phi) is 4.80. The van der Waals surface area contributed by atoms with Gasteiger partial charge in [0.25, 0.3) is 5.69 Å². The minimum absolute atomic E-state index is 0.0887. The maximum atomic E-state index is 13.2. The first-order valence-electron chi connectivity index (χ1n) is 8.13. The Morgan fingerprint density at radius 3 is 2.35 bits per heavy atom. The fraction of sp³-hybridized carbons (Fsp3) is 0.0952. The summed E-state index contributed by atoms with van der Waals surface area (Å²) in [4.78, 5) is 26.0. The number of fused-ring (bicyclic) bond motifs is 1. The lowest BCUT2D eigenvalue weighted by molar-refractivity contribution is -0.385. The number of carbonyl (C=O) groups is 1. The van der Waals surface area contributed by atoms with Crippen molar-refractivity contribution in [3.63, 3.8) is 0 Å². The Bertz CT molecular complexity index is 1020. The largest absolute Gasteiger partial charge is 0.383 e. The van der Waals surface area contributed by atoms with Gasteiger partial charge in [0.2, 0.25) is 0 Å². The van der Waals surface area contributed by atoms with Crippen LogP contribution < -0.4 is 0 Å². The van der Waals surface area contributed by atoms with E-state index in [2.05, 4.69) is 0 Å². The third-order valence-corrected chi connectivity index (χ3v) is 4.10. The molecule has 5 nitrogen and oxygen atoms in total. The van der Waals surface area contributed by atoms with E-state index in [1.54, 1.807) is 35.4 Å². The van der Waals surface area contributed by atoms with Gasteiger partial charge in [-0.2, -0.15) is 0 Å². The summed E-state index contributed by atoms with van der Waals surface area (Å²) in [6.07, 6.45) is 3.30. The molecule has 0 radical (unpaired) electrons. The highest BCUT2D eigenvalue weighted by molar-refractivity contribution is 6.18. The highest BCUT2D eigenvalue weighted by atomic mass is 16.6. The van der Waals surface area contributed by atoms with Crippen LogP contribution in [-0.4, -0.2) is 29.7 Å². The normalized spacial score (nSPS) is 11.0. The van der Waals surface area contributed by atoms with Crippen molar-refractivity contribution in [3.8, 4) is 0 Å². The lowest BCUT2D eigenvalue weighted by atomic mass is 9.93. The van der Waals surface area contributed by atoms with Crippen molar-refractivity contribution in [1.29, 1.82) is 0 Å². The number of rotatable bonds is 5. The van der Waals surface area contributed by atoms with Gasteiger partial charge in [0.15, 0.2) is 5.78 Å². The molecule has 0 aromatic heterocycles. The molecule has 0 aliphatic carbocycles. The van der Waals surface area contributed by atoms with Crippen LogP contribution in [0.25, 0.3) is 16.8 Å². The molecule has 0 spiro atoms. The summed E-state index contributed by atoms with van der Waals surface area (Å²) >= 11 is 0. The quantitative estimate of drug-likeness (QED) is 0.387. The first kappa shape index (κ1) is 17.4. The van der Waals surface area contributed by atoms with Crippen molar-refractivity contribution in [2.24, 2.45) is 0 Å². The number of hydrogen-bond donors (Lipinski definition) is 0. The van der Waals surface area contributed by atoms with Gasteiger partial charge in [-0.15, -0.1) is 0 Å². The Morgan fingerprint density at radius 1 is 0.962 bits per heavy atom. The van der Waals surface area contributed by atoms with E-state index in [0.29, 0.717) is 16.7 Å². The number of ketones is 1. The monoisotopic (exact) mass is 346 g/mol. The number of nitrogens with zero attached hydrogens (tertiary/aromatic N) is 2. The summed E-state index contributed by atoms with van der Waals surface area (Å²) in [5.74, 6) is -0.232. The third kappa shape index (κ3) is 3.32. The number of nitro groups is 1. The van der Waals surface area contributed by atoms with Crippen molar-refractivity contribution < 1.29 is 9.72 Å². The van der Waals surface area contributed by atoms with E-state index < -0.39 is 4.92 Å². The molecule has 0 unspecified atom stereocenters. The van der Waals surface area contributed by atoms with Crippen molar-refractivity contribution in [2.45, 2.75) is 0 Å². The van der Waals surface area contributed by atoms with E-state index >= 15 is 0 Å². The van der Waals surface area contributed by atoms with Gasteiger partial charge in [0.1, 0.15) is 0 Å². The van der Waals surface area contributed by atoms with Gasteiger partial charge >= 0.3 is 0 Å². The van der Waals surface area contributed by atoms with Gasteiger partial charge in [-0.3, -0.25) is 14.9 Å². The molecule has 0 amide bonds. The van der Waals surface area contributed by atoms with Crippen LogP contribution in [0.1, 0.15) is 21.5 Å². The summed E-state index contributed by atoms with van der Waals surface area (Å²) in [6, 6.07) is 17.7. The highest BCUT2D eigenvalue weighted by Crippen LogP contribution is 2.28. The van der Waals surface area contributed by atoms with Crippen LogP contribution in [0, 0.1) is 10.1 Å². The fourth-order valence-corrected chi connectivity index (χ4v) is 2.88. The topological polar surface area (TPSA) is 63.5 Å². The second-order valence-corrected chi connectivity index (χ2v) is 6.13. The van der Waals surface area contributed by atoms with Crippen LogP contribution in [0.5, 0.6) is 0 Å². The van der Waals surface area contributed by atoms with E-state index in [1.807, 2.05) is 50.5 Å². The third-order valence-electron chi connectivity index (χ3n) is 4.10. The molecule has 0 bridgehead atoms.